The van der Waals surface area contributed by atoms with E-state index in [0.717, 1.165) is 18.5 Å². The molecule has 0 radical (unpaired) electrons. The third-order valence-corrected chi connectivity index (χ3v) is 4.82. The summed E-state index contributed by atoms with van der Waals surface area (Å²) in [5, 5.41) is 7.69. The number of nitrogens with zero attached hydrogens (tertiary/aromatic N) is 2. The lowest BCUT2D eigenvalue weighted by Gasteiger charge is -2.36. The predicted octanol–water partition coefficient (Wildman–Crippen LogP) is 3.03. The second kappa shape index (κ2) is 6.92. The molecule has 0 aromatic carbocycles. The molecule has 1 aliphatic rings. The van der Waals surface area contributed by atoms with Gasteiger partial charge in [0.1, 0.15) is 4.47 Å². The third kappa shape index (κ3) is 4.30. The smallest absolute Gasteiger partial charge is 0.283 e. The predicted molar refractivity (Wildman–Crippen MR) is 87.7 cm³/mol. The summed E-state index contributed by atoms with van der Waals surface area (Å²) in [6.07, 6.45) is 6.47. The summed E-state index contributed by atoms with van der Waals surface area (Å²) in [6.45, 7) is 5.54. The molecule has 1 aliphatic carbocycles. The molecule has 0 saturated heterocycles. The Morgan fingerprint density at radius 1 is 1.57 bits per heavy atom. The van der Waals surface area contributed by atoms with E-state index in [1.807, 2.05) is 0 Å². The van der Waals surface area contributed by atoms with E-state index in [1.54, 1.807) is 13.3 Å². The molecule has 0 amide bonds. The maximum Gasteiger partial charge on any atom is 0.283 e. The molecular weight excluding hydrogens is 334 g/mol. The Hall–Kier alpha value is -0.880. The highest BCUT2D eigenvalue weighted by atomic mass is 79.9. The average molecular weight is 358 g/mol. The highest BCUT2D eigenvalue weighted by molar-refractivity contribution is 9.10. The lowest BCUT2D eigenvalue weighted by molar-refractivity contribution is 0.181. The number of aromatic nitrogens is 2. The van der Waals surface area contributed by atoms with Crippen molar-refractivity contribution in [1.82, 2.24) is 9.78 Å². The van der Waals surface area contributed by atoms with Gasteiger partial charge in [-0.15, -0.1) is 0 Å². The minimum atomic E-state index is -0.118. The van der Waals surface area contributed by atoms with Crippen LogP contribution in [-0.2, 0) is 11.3 Å². The fourth-order valence-electron chi connectivity index (χ4n) is 2.94. The topological polar surface area (TPSA) is 56.1 Å². The van der Waals surface area contributed by atoms with Gasteiger partial charge in [0.2, 0.25) is 0 Å². The Morgan fingerprint density at radius 3 is 3.00 bits per heavy atom. The van der Waals surface area contributed by atoms with Gasteiger partial charge in [-0.05, 0) is 40.6 Å². The van der Waals surface area contributed by atoms with Crippen LogP contribution in [0.1, 0.15) is 39.5 Å². The van der Waals surface area contributed by atoms with Crippen LogP contribution in [0.25, 0.3) is 0 Å². The molecule has 0 aliphatic heterocycles. The summed E-state index contributed by atoms with van der Waals surface area (Å²) in [5.74, 6) is 0. The number of rotatable bonds is 5. The Balaban J connectivity index is 2.10. The molecule has 118 valence electrons. The number of ether oxygens (including phenoxy) is 1. The summed E-state index contributed by atoms with van der Waals surface area (Å²) in [4.78, 5) is 12.2. The van der Waals surface area contributed by atoms with Gasteiger partial charge in [-0.1, -0.05) is 20.3 Å². The first-order valence-corrected chi connectivity index (χ1v) is 8.23. The van der Waals surface area contributed by atoms with Crippen LogP contribution in [0.15, 0.2) is 15.5 Å². The standard InChI is InChI=1S/C15H24BrN3O2/c1-15(2)6-4-5-11(9-15)18-12-10-17-19(7-8-21-3)14(20)13(12)16/h10-11,18H,4-9H2,1-3H3. The van der Waals surface area contributed by atoms with Crippen LogP contribution >= 0.6 is 15.9 Å². The van der Waals surface area contributed by atoms with Crippen molar-refractivity contribution >= 4 is 21.6 Å². The van der Waals surface area contributed by atoms with Gasteiger partial charge in [-0.25, -0.2) is 4.68 Å². The van der Waals surface area contributed by atoms with Gasteiger partial charge in [0.05, 0.1) is 25.0 Å². The molecule has 21 heavy (non-hydrogen) atoms. The van der Waals surface area contributed by atoms with Gasteiger partial charge in [0.15, 0.2) is 0 Å². The number of hydrogen-bond acceptors (Lipinski definition) is 4. The summed E-state index contributed by atoms with van der Waals surface area (Å²) in [7, 11) is 1.61. The van der Waals surface area contributed by atoms with Gasteiger partial charge < -0.3 is 10.1 Å². The van der Waals surface area contributed by atoms with Crippen molar-refractivity contribution in [1.29, 1.82) is 0 Å². The molecule has 5 nitrogen and oxygen atoms in total. The zero-order valence-corrected chi connectivity index (χ0v) is 14.6. The SMILES string of the molecule is COCCn1ncc(NC2CCCC(C)(C)C2)c(Br)c1=O. The van der Waals surface area contributed by atoms with E-state index in [4.69, 9.17) is 4.74 Å². The molecule has 1 N–H and O–H groups in total. The van der Waals surface area contributed by atoms with E-state index in [0.29, 0.717) is 29.1 Å². The summed E-state index contributed by atoms with van der Waals surface area (Å²) < 4.78 is 6.96. The molecule has 1 unspecified atom stereocenters. The second-order valence-electron chi connectivity index (χ2n) is 6.50. The number of halogens is 1. The van der Waals surface area contributed by atoms with E-state index >= 15 is 0 Å². The molecule has 1 fully saturated rings. The van der Waals surface area contributed by atoms with Gasteiger partial charge in [-0.2, -0.15) is 5.10 Å². The first kappa shape index (κ1) is 16.5. The largest absolute Gasteiger partial charge is 0.383 e. The summed E-state index contributed by atoms with van der Waals surface area (Å²) >= 11 is 3.40. The van der Waals surface area contributed by atoms with Crippen molar-refractivity contribution in [3.05, 3.63) is 21.0 Å². The van der Waals surface area contributed by atoms with Gasteiger partial charge in [-0.3, -0.25) is 4.79 Å². The van der Waals surface area contributed by atoms with Crippen molar-refractivity contribution in [2.75, 3.05) is 19.0 Å². The van der Waals surface area contributed by atoms with Crippen LogP contribution < -0.4 is 10.9 Å². The zero-order chi connectivity index (χ0) is 15.5. The molecule has 1 aromatic rings. The Bertz CT molecular complexity index is 542. The summed E-state index contributed by atoms with van der Waals surface area (Å²) in [5.41, 5.74) is 1.03. The molecule has 0 bridgehead atoms. The first-order chi connectivity index (χ1) is 9.93. The first-order valence-electron chi connectivity index (χ1n) is 7.44. The lowest BCUT2D eigenvalue weighted by atomic mass is 9.75. The maximum absolute atomic E-state index is 12.2. The Kier molecular flexibility index (Phi) is 5.43. The number of methoxy groups -OCH3 is 1. The van der Waals surface area contributed by atoms with Crippen molar-refractivity contribution in [3.8, 4) is 0 Å². The minimum absolute atomic E-state index is 0.118. The molecule has 0 spiro atoms. The van der Waals surface area contributed by atoms with Crippen LogP contribution in [-0.4, -0.2) is 29.5 Å². The summed E-state index contributed by atoms with van der Waals surface area (Å²) in [6, 6.07) is 0.404. The zero-order valence-electron chi connectivity index (χ0n) is 13.0. The Labute approximate surface area is 134 Å². The van der Waals surface area contributed by atoms with E-state index in [9.17, 15) is 4.79 Å². The minimum Gasteiger partial charge on any atom is -0.383 e. The highest BCUT2D eigenvalue weighted by Gasteiger charge is 2.28. The highest BCUT2D eigenvalue weighted by Crippen LogP contribution is 2.36. The van der Waals surface area contributed by atoms with Gasteiger partial charge >= 0.3 is 0 Å². The molecule has 1 saturated carbocycles. The van der Waals surface area contributed by atoms with E-state index in [2.05, 4.69) is 40.2 Å². The fraction of sp³-hybridized carbons (Fsp3) is 0.733. The van der Waals surface area contributed by atoms with Crippen molar-refractivity contribution < 1.29 is 4.74 Å². The van der Waals surface area contributed by atoms with Gasteiger partial charge in [0, 0.05) is 13.2 Å². The molecular formula is C15H24BrN3O2. The average Bonchev–Trinajstić information content (AvgIpc) is 2.42. The van der Waals surface area contributed by atoms with Crippen LogP contribution in [0.3, 0.4) is 0 Å². The second-order valence-corrected chi connectivity index (χ2v) is 7.29. The van der Waals surface area contributed by atoms with Crippen LogP contribution in [0.5, 0.6) is 0 Å². The van der Waals surface area contributed by atoms with Crippen molar-refractivity contribution in [2.45, 2.75) is 52.1 Å². The van der Waals surface area contributed by atoms with Crippen molar-refractivity contribution in [3.63, 3.8) is 0 Å². The fourth-order valence-corrected chi connectivity index (χ4v) is 3.37. The third-order valence-electron chi connectivity index (χ3n) is 4.06. The monoisotopic (exact) mass is 357 g/mol. The van der Waals surface area contributed by atoms with E-state index in [1.165, 1.54) is 17.5 Å². The molecule has 1 heterocycles. The molecule has 1 atom stereocenters. The maximum atomic E-state index is 12.2. The quantitative estimate of drug-likeness (QED) is 0.879. The van der Waals surface area contributed by atoms with Crippen LogP contribution in [0.4, 0.5) is 5.69 Å². The molecule has 6 heteroatoms. The number of anilines is 1. The molecule has 1 aromatic heterocycles. The normalized spacial score (nSPS) is 21.2. The van der Waals surface area contributed by atoms with E-state index < -0.39 is 0 Å². The molecule has 2 rings (SSSR count). The van der Waals surface area contributed by atoms with Crippen molar-refractivity contribution in [2.24, 2.45) is 5.41 Å². The van der Waals surface area contributed by atoms with Crippen LogP contribution in [0.2, 0.25) is 0 Å². The Morgan fingerprint density at radius 2 is 2.33 bits per heavy atom. The lowest BCUT2D eigenvalue weighted by Crippen LogP contribution is -2.33. The van der Waals surface area contributed by atoms with Crippen LogP contribution in [0, 0.1) is 5.41 Å². The number of hydrogen-bond donors (Lipinski definition) is 1. The number of nitrogens with one attached hydrogen (secondary N) is 1. The van der Waals surface area contributed by atoms with E-state index in [-0.39, 0.29) is 5.56 Å². The van der Waals surface area contributed by atoms with Gasteiger partial charge in [0.25, 0.3) is 5.56 Å².